The van der Waals surface area contributed by atoms with E-state index in [0.717, 1.165) is 41.1 Å². The van der Waals surface area contributed by atoms with Crippen LogP contribution in [0.3, 0.4) is 0 Å². The molecule has 2 heterocycles. The van der Waals surface area contributed by atoms with Crippen LogP contribution in [0.4, 0.5) is 0 Å². The van der Waals surface area contributed by atoms with Crippen molar-refractivity contribution in [2.24, 2.45) is 0 Å². The number of hydrogen-bond donors (Lipinski definition) is 1. The molecule has 3 rings (SSSR count). The molecule has 2 aromatic heterocycles. The summed E-state index contributed by atoms with van der Waals surface area (Å²) in [5.74, 6) is 1.77. The van der Waals surface area contributed by atoms with E-state index < -0.39 is 0 Å². The van der Waals surface area contributed by atoms with Gasteiger partial charge in [-0.3, -0.25) is 4.98 Å². The highest BCUT2D eigenvalue weighted by molar-refractivity contribution is 5.84. The summed E-state index contributed by atoms with van der Waals surface area (Å²) in [6, 6.07) is 11.8. The zero-order chi connectivity index (χ0) is 14.5. The number of fused-ring (bicyclic) bond motifs is 1. The molecule has 0 aliphatic carbocycles. The first-order valence-electron chi connectivity index (χ1n) is 7.11. The van der Waals surface area contributed by atoms with Crippen LogP contribution in [-0.4, -0.2) is 11.5 Å². The summed E-state index contributed by atoms with van der Waals surface area (Å²) in [4.78, 5) is 4.34. The van der Waals surface area contributed by atoms with Gasteiger partial charge in [0, 0.05) is 17.1 Å². The minimum absolute atomic E-state index is 0.491. The van der Waals surface area contributed by atoms with Gasteiger partial charge < -0.3 is 14.5 Å². The van der Waals surface area contributed by atoms with Crippen molar-refractivity contribution in [3.63, 3.8) is 0 Å². The van der Waals surface area contributed by atoms with Gasteiger partial charge in [0.05, 0.1) is 18.3 Å². The zero-order valence-corrected chi connectivity index (χ0v) is 12.0. The predicted octanol–water partition coefficient (Wildman–Crippen LogP) is 3.52. The number of benzene rings is 1. The van der Waals surface area contributed by atoms with Crippen LogP contribution in [0, 0.1) is 0 Å². The largest absolute Gasteiger partial charge is 0.488 e. The predicted molar refractivity (Wildman–Crippen MR) is 82.2 cm³/mol. The average molecular weight is 282 g/mol. The molecule has 0 atom stereocenters. The number of nitrogens with one attached hydrogen (secondary N) is 1. The number of pyridine rings is 1. The number of nitrogens with zero attached hydrogens (tertiary/aromatic N) is 1. The molecule has 0 aliphatic heterocycles. The first-order valence-corrected chi connectivity index (χ1v) is 7.11. The first kappa shape index (κ1) is 13.6. The molecule has 0 radical (unpaired) electrons. The fourth-order valence-corrected chi connectivity index (χ4v) is 2.25. The Labute approximate surface area is 123 Å². The molecule has 4 heteroatoms. The maximum Gasteiger partial charge on any atom is 0.129 e. The minimum Gasteiger partial charge on any atom is -0.488 e. The van der Waals surface area contributed by atoms with Crippen LogP contribution < -0.4 is 10.1 Å². The van der Waals surface area contributed by atoms with Crippen molar-refractivity contribution in [2.45, 2.75) is 20.1 Å². The van der Waals surface area contributed by atoms with E-state index in [0.29, 0.717) is 6.61 Å². The van der Waals surface area contributed by atoms with Gasteiger partial charge in [-0.05, 0) is 36.9 Å². The third-order valence-electron chi connectivity index (χ3n) is 3.36. The van der Waals surface area contributed by atoms with Crippen LogP contribution in [0.25, 0.3) is 10.9 Å². The second-order valence-corrected chi connectivity index (χ2v) is 4.76. The molecule has 0 saturated heterocycles. The van der Waals surface area contributed by atoms with Gasteiger partial charge in [0.2, 0.25) is 0 Å². The van der Waals surface area contributed by atoms with E-state index in [2.05, 4.69) is 17.2 Å². The van der Waals surface area contributed by atoms with Crippen molar-refractivity contribution in [3.8, 4) is 5.75 Å². The maximum atomic E-state index is 5.96. The Kier molecular flexibility index (Phi) is 4.17. The van der Waals surface area contributed by atoms with Gasteiger partial charge in [-0.25, -0.2) is 0 Å². The van der Waals surface area contributed by atoms with Gasteiger partial charge in [0.15, 0.2) is 0 Å². The number of rotatable bonds is 6. The highest BCUT2D eigenvalue weighted by Crippen LogP contribution is 2.25. The molecule has 21 heavy (non-hydrogen) atoms. The standard InChI is InChI=1S/C17H18N2O2/c1-2-18-11-17-13(8-10-20-17)12-21-16-7-3-6-15-14(16)5-4-9-19-15/h3-10,18H,2,11-12H2,1H3. The Bertz CT molecular complexity index is 716. The molecule has 0 saturated carbocycles. The monoisotopic (exact) mass is 282 g/mol. The zero-order valence-electron chi connectivity index (χ0n) is 12.0. The highest BCUT2D eigenvalue weighted by Gasteiger charge is 2.08. The smallest absolute Gasteiger partial charge is 0.129 e. The average Bonchev–Trinajstić information content (AvgIpc) is 2.98. The molecule has 0 bridgehead atoms. The third kappa shape index (κ3) is 3.06. The number of aromatic nitrogens is 1. The molecule has 0 unspecified atom stereocenters. The Morgan fingerprint density at radius 2 is 2.14 bits per heavy atom. The maximum absolute atomic E-state index is 5.96. The molecule has 108 valence electrons. The summed E-state index contributed by atoms with van der Waals surface area (Å²) in [7, 11) is 0. The molecule has 0 fully saturated rings. The van der Waals surface area contributed by atoms with E-state index in [1.807, 2.05) is 36.4 Å². The Balaban J connectivity index is 1.76. The summed E-state index contributed by atoms with van der Waals surface area (Å²) < 4.78 is 11.4. The number of ether oxygens (including phenoxy) is 1. The van der Waals surface area contributed by atoms with E-state index in [9.17, 15) is 0 Å². The summed E-state index contributed by atoms with van der Waals surface area (Å²) in [6.45, 7) is 4.20. The third-order valence-corrected chi connectivity index (χ3v) is 3.36. The van der Waals surface area contributed by atoms with Crippen LogP contribution in [0.15, 0.2) is 53.3 Å². The van der Waals surface area contributed by atoms with Crippen LogP contribution in [0.2, 0.25) is 0 Å². The lowest BCUT2D eigenvalue weighted by Crippen LogP contribution is -2.12. The van der Waals surface area contributed by atoms with Crippen molar-refractivity contribution < 1.29 is 9.15 Å². The number of furan rings is 1. The lowest BCUT2D eigenvalue weighted by atomic mass is 10.2. The van der Waals surface area contributed by atoms with Gasteiger partial charge in [0.25, 0.3) is 0 Å². The molecule has 1 aromatic carbocycles. The fourth-order valence-electron chi connectivity index (χ4n) is 2.25. The summed E-state index contributed by atoms with van der Waals surface area (Å²) in [5.41, 5.74) is 2.01. The molecule has 4 nitrogen and oxygen atoms in total. The number of hydrogen-bond acceptors (Lipinski definition) is 4. The normalized spacial score (nSPS) is 10.9. The first-order chi connectivity index (χ1) is 10.4. The van der Waals surface area contributed by atoms with Crippen molar-refractivity contribution in [1.29, 1.82) is 0 Å². The van der Waals surface area contributed by atoms with Crippen LogP contribution in [0.1, 0.15) is 18.2 Å². The van der Waals surface area contributed by atoms with Crippen LogP contribution in [0.5, 0.6) is 5.75 Å². The van der Waals surface area contributed by atoms with E-state index in [1.165, 1.54) is 0 Å². The second-order valence-electron chi connectivity index (χ2n) is 4.76. The van der Waals surface area contributed by atoms with Crippen LogP contribution >= 0.6 is 0 Å². The Hall–Kier alpha value is -2.33. The Morgan fingerprint density at radius 1 is 1.19 bits per heavy atom. The van der Waals surface area contributed by atoms with Gasteiger partial charge >= 0.3 is 0 Å². The van der Waals surface area contributed by atoms with E-state index in [1.54, 1.807) is 12.5 Å². The minimum atomic E-state index is 0.491. The molecule has 3 aromatic rings. The van der Waals surface area contributed by atoms with Crippen molar-refractivity contribution in [3.05, 3.63) is 60.2 Å². The quantitative estimate of drug-likeness (QED) is 0.751. The second kappa shape index (κ2) is 6.41. The topological polar surface area (TPSA) is 47.3 Å². The SMILES string of the molecule is CCNCc1occc1COc1cccc2ncccc12. The van der Waals surface area contributed by atoms with E-state index >= 15 is 0 Å². The van der Waals surface area contributed by atoms with Crippen molar-refractivity contribution in [1.82, 2.24) is 10.3 Å². The molecular formula is C17H18N2O2. The summed E-state index contributed by atoms with van der Waals surface area (Å²) in [6.07, 6.45) is 3.49. The fraction of sp³-hybridized carbons (Fsp3) is 0.235. The molecule has 0 aliphatic rings. The Morgan fingerprint density at radius 3 is 3.05 bits per heavy atom. The van der Waals surface area contributed by atoms with Crippen molar-refractivity contribution in [2.75, 3.05) is 6.54 Å². The van der Waals surface area contributed by atoms with Crippen LogP contribution in [-0.2, 0) is 13.2 Å². The van der Waals surface area contributed by atoms with Gasteiger partial charge in [0.1, 0.15) is 18.1 Å². The molecule has 1 N–H and O–H groups in total. The van der Waals surface area contributed by atoms with E-state index in [4.69, 9.17) is 9.15 Å². The molecule has 0 amide bonds. The van der Waals surface area contributed by atoms with Gasteiger partial charge in [-0.15, -0.1) is 0 Å². The van der Waals surface area contributed by atoms with Gasteiger partial charge in [-0.1, -0.05) is 13.0 Å². The lowest BCUT2D eigenvalue weighted by molar-refractivity contribution is 0.305. The molecular weight excluding hydrogens is 264 g/mol. The van der Waals surface area contributed by atoms with Crippen molar-refractivity contribution >= 4 is 10.9 Å². The highest BCUT2D eigenvalue weighted by atomic mass is 16.5. The molecule has 0 spiro atoms. The summed E-state index contributed by atoms with van der Waals surface area (Å²) >= 11 is 0. The summed E-state index contributed by atoms with van der Waals surface area (Å²) in [5, 5.41) is 4.28. The van der Waals surface area contributed by atoms with Gasteiger partial charge in [-0.2, -0.15) is 0 Å². The van der Waals surface area contributed by atoms with E-state index in [-0.39, 0.29) is 0 Å². The lowest BCUT2D eigenvalue weighted by Gasteiger charge is -2.09.